The molecular weight excluding hydrogens is 183 g/mol. The van der Waals surface area contributed by atoms with E-state index in [1.807, 2.05) is 0 Å². The molecule has 0 aromatic rings. The van der Waals surface area contributed by atoms with E-state index in [2.05, 4.69) is 36.0 Å². The highest BCUT2D eigenvalue weighted by Crippen LogP contribution is 1.70. The van der Waals surface area contributed by atoms with E-state index in [0.29, 0.717) is 15.7 Å². The Bertz CT molecular complexity index is 43.3. The molecule has 0 N–H and O–H groups in total. The molecule has 2 nitrogen and oxygen atoms in total. The third-order valence-electron chi connectivity index (χ3n) is 0.462. The van der Waals surface area contributed by atoms with Crippen LogP contribution in [0, 0.1) is 0 Å². The second-order valence-corrected chi connectivity index (χ2v) is 4.34. The van der Waals surface area contributed by atoms with Gasteiger partial charge in [0.15, 0.2) is 0 Å². The van der Waals surface area contributed by atoms with Crippen LogP contribution >= 0.6 is 17.0 Å². The van der Waals surface area contributed by atoms with Crippen LogP contribution in [0.25, 0.3) is 0 Å². The van der Waals surface area contributed by atoms with Gasteiger partial charge >= 0.3 is 15.7 Å². The Morgan fingerprint density at radius 2 is 1.12 bits per heavy atom. The Balaban J connectivity index is 0. The second-order valence-electron chi connectivity index (χ2n) is 2.04. The van der Waals surface area contributed by atoms with Gasteiger partial charge in [-0.1, -0.05) is 0 Å². The van der Waals surface area contributed by atoms with Crippen LogP contribution in [0.5, 0.6) is 0 Å². The van der Waals surface area contributed by atoms with E-state index in [4.69, 9.17) is 0 Å². The van der Waals surface area contributed by atoms with Crippen LogP contribution in [0.3, 0.4) is 0 Å². The van der Waals surface area contributed by atoms with Crippen molar-refractivity contribution in [3.63, 3.8) is 0 Å². The first-order valence-electron chi connectivity index (χ1n) is 2.31. The van der Waals surface area contributed by atoms with Gasteiger partial charge in [0.05, 0.1) is 0 Å². The van der Waals surface area contributed by atoms with Crippen LogP contribution < -0.4 is 0 Å². The van der Waals surface area contributed by atoms with Gasteiger partial charge in [-0.15, -0.1) is 17.0 Å². The van der Waals surface area contributed by atoms with E-state index in [1.54, 1.807) is 0 Å². The molecule has 0 aliphatic heterocycles. The van der Waals surface area contributed by atoms with E-state index in [1.165, 1.54) is 0 Å². The Morgan fingerprint density at radius 3 is 1.12 bits per heavy atom. The van der Waals surface area contributed by atoms with Gasteiger partial charge in [0, 0.05) is 0 Å². The van der Waals surface area contributed by atoms with E-state index in [-0.39, 0.29) is 17.0 Å². The average molecular weight is 196 g/mol. The summed E-state index contributed by atoms with van der Waals surface area (Å²) in [5.74, 6) is 0. The Labute approximate surface area is 68.8 Å². The molecule has 0 unspecified atom stereocenters. The lowest BCUT2D eigenvalue weighted by atomic mass is 11.3. The second kappa shape index (κ2) is 6.06. The predicted molar refractivity (Wildman–Crippen MR) is 43.5 cm³/mol. The zero-order valence-corrected chi connectivity index (χ0v) is 8.75. The van der Waals surface area contributed by atoms with Gasteiger partial charge in [0.2, 0.25) is 0 Å². The number of hydrogen-bond acceptors (Lipinski definition) is 2. The molecule has 0 fully saturated rings. The molecule has 0 rings (SSSR count). The summed E-state index contributed by atoms with van der Waals surface area (Å²) in [5, 5.41) is 0. The lowest BCUT2D eigenvalue weighted by Gasteiger charge is -2.12. The maximum absolute atomic E-state index is 2.21. The molecule has 0 heterocycles. The lowest BCUT2D eigenvalue weighted by Crippen LogP contribution is -2.31. The van der Waals surface area contributed by atoms with Gasteiger partial charge in [0.1, 0.15) is 0 Å². The molecule has 0 aromatic carbocycles. The standard InChI is InChI=1S/2C2H6N.Al.BrH/c2*1-3-2;;/h2*1-2H3;;1H/q2*-1;+2;. The smallest absolute Gasteiger partial charge is 0.383 e. The molecule has 8 heavy (non-hydrogen) atoms. The molecule has 0 saturated heterocycles. The van der Waals surface area contributed by atoms with E-state index >= 15 is 0 Å². The highest BCUT2D eigenvalue weighted by Gasteiger charge is 1.96. The molecule has 49 valence electrons. The van der Waals surface area contributed by atoms with Crippen molar-refractivity contribution >= 4 is 32.6 Å². The summed E-state index contributed by atoms with van der Waals surface area (Å²) < 4.78 is 4.42. The number of halogens is 1. The molecule has 0 saturated carbocycles. The highest BCUT2D eigenvalue weighted by atomic mass is 79.9. The van der Waals surface area contributed by atoms with Gasteiger partial charge in [-0.05, 0) is 28.2 Å². The first-order valence-corrected chi connectivity index (χ1v) is 3.34. The minimum absolute atomic E-state index is 0. The largest absolute Gasteiger partial charge is 0.454 e. The van der Waals surface area contributed by atoms with Crippen molar-refractivity contribution in [3.8, 4) is 0 Å². The fourth-order valence-electron chi connectivity index (χ4n) is 0.462. The molecule has 4 heteroatoms. The van der Waals surface area contributed by atoms with Gasteiger partial charge in [-0.3, -0.25) is 0 Å². The topological polar surface area (TPSA) is 6.48 Å². The first-order chi connectivity index (χ1) is 3.13. The van der Waals surface area contributed by atoms with Crippen molar-refractivity contribution in [2.45, 2.75) is 0 Å². The third-order valence-corrected chi connectivity index (χ3v) is 1.39. The molecule has 0 aromatic heterocycles. The van der Waals surface area contributed by atoms with Crippen molar-refractivity contribution < 1.29 is 0 Å². The Hall–Kier alpha value is 0.932. The summed E-state index contributed by atoms with van der Waals surface area (Å²) in [5.41, 5.74) is 0. The van der Waals surface area contributed by atoms with Crippen LogP contribution in [-0.2, 0) is 0 Å². The van der Waals surface area contributed by atoms with E-state index < -0.39 is 0 Å². The zero-order chi connectivity index (χ0) is 5.86. The van der Waals surface area contributed by atoms with E-state index in [9.17, 15) is 0 Å². The van der Waals surface area contributed by atoms with Crippen molar-refractivity contribution in [1.82, 2.24) is 7.77 Å². The minimum Gasteiger partial charge on any atom is -0.383 e. The van der Waals surface area contributed by atoms with Crippen LogP contribution in [-0.4, -0.2) is 51.6 Å². The Morgan fingerprint density at radius 1 is 0.875 bits per heavy atom. The van der Waals surface area contributed by atoms with Crippen molar-refractivity contribution in [2.24, 2.45) is 0 Å². The minimum atomic E-state index is 0. The van der Waals surface area contributed by atoms with Crippen LogP contribution in [0.2, 0.25) is 0 Å². The molecule has 0 bridgehead atoms. The van der Waals surface area contributed by atoms with Crippen LogP contribution in [0.1, 0.15) is 0 Å². The van der Waals surface area contributed by atoms with Gasteiger partial charge < -0.3 is 7.77 Å². The summed E-state index contributed by atoms with van der Waals surface area (Å²) in [4.78, 5) is 0. The quantitative estimate of drug-likeness (QED) is 0.583. The molecule has 0 spiro atoms. The molecule has 0 amide bonds. The van der Waals surface area contributed by atoms with Gasteiger partial charge in [-0.2, -0.15) is 0 Å². The summed E-state index contributed by atoms with van der Waals surface area (Å²) in [6, 6.07) is 0. The maximum atomic E-state index is 2.21. The highest BCUT2D eigenvalue weighted by molar-refractivity contribution is 8.93. The molecule has 0 atom stereocenters. The fraction of sp³-hybridized carbons (Fsp3) is 1.00. The molecule has 0 aliphatic carbocycles. The zero-order valence-electron chi connectivity index (χ0n) is 5.88. The Kier molecular flexibility index (Phi) is 8.86. The first kappa shape index (κ1) is 11.7. The summed E-state index contributed by atoms with van der Waals surface area (Å²) in [7, 11) is 8.37. The monoisotopic (exact) mass is 195 g/mol. The number of rotatable bonds is 2. The van der Waals surface area contributed by atoms with Crippen molar-refractivity contribution in [3.05, 3.63) is 0 Å². The summed E-state index contributed by atoms with van der Waals surface area (Å²) in [6.07, 6.45) is 0. The maximum Gasteiger partial charge on any atom is 0.454 e. The third kappa shape index (κ3) is 10.0. The summed E-state index contributed by atoms with van der Waals surface area (Å²) >= 11 is 0.380. The lowest BCUT2D eigenvalue weighted by molar-refractivity contribution is 0.549. The fourth-order valence-corrected chi connectivity index (χ4v) is 1.39. The van der Waals surface area contributed by atoms with Gasteiger partial charge in [0.25, 0.3) is 0 Å². The van der Waals surface area contributed by atoms with Crippen LogP contribution in [0.15, 0.2) is 0 Å². The summed E-state index contributed by atoms with van der Waals surface area (Å²) in [6.45, 7) is 0. The predicted octanol–water partition coefficient (Wildman–Crippen LogP) is 0.222. The van der Waals surface area contributed by atoms with E-state index in [0.717, 1.165) is 0 Å². The SMILES string of the molecule is Br.C[N](C)[Al][N](C)C. The average Bonchev–Trinajstić information content (AvgIpc) is 1.27. The molecule has 0 aliphatic rings. The van der Waals surface area contributed by atoms with Crippen molar-refractivity contribution in [2.75, 3.05) is 28.2 Å². The normalized spacial score (nSPS) is 9.25. The molecule has 1 radical (unpaired) electrons. The number of hydrogen-bond donors (Lipinski definition) is 0. The van der Waals surface area contributed by atoms with Gasteiger partial charge in [-0.25, -0.2) is 0 Å². The molecular formula is C4H13AlBrN2. The van der Waals surface area contributed by atoms with Crippen molar-refractivity contribution in [1.29, 1.82) is 0 Å². The van der Waals surface area contributed by atoms with Crippen LogP contribution in [0.4, 0.5) is 0 Å². The number of nitrogens with zero attached hydrogens (tertiary/aromatic N) is 2.